The summed E-state index contributed by atoms with van der Waals surface area (Å²) in [5.74, 6) is 0.977. The van der Waals surface area contributed by atoms with Gasteiger partial charge in [0, 0.05) is 31.7 Å². The summed E-state index contributed by atoms with van der Waals surface area (Å²) in [6.45, 7) is 8.42. The minimum absolute atomic E-state index is 0.241. The third-order valence-electron chi connectivity index (χ3n) is 4.55. The van der Waals surface area contributed by atoms with Crippen LogP contribution in [0.15, 0.2) is 0 Å². The van der Waals surface area contributed by atoms with E-state index in [1.165, 1.54) is 18.4 Å². The summed E-state index contributed by atoms with van der Waals surface area (Å²) in [5.41, 5.74) is 1.90. The number of hydrogen-bond donors (Lipinski definition) is 0. The normalized spacial score (nSPS) is 17.9. The van der Waals surface area contributed by atoms with Gasteiger partial charge in [0.2, 0.25) is 0 Å². The van der Waals surface area contributed by atoms with Gasteiger partial charge in [0.1, 0.15) is 11.4 Å². The molecule has 0 N–H and O–H groups in total. The van der Waals surface area contributed by atoms with Crippen LogP contribution in [0.4, 0.5) is 10.6 Å². The van der Waals surface area contributed by atoms with Gasteiger partial charge in [-0.15, -0.1) is 0 Å². The van der Waals surface area contributed by atoms with Gasteiger partial charge in [-0.05, 0) is 46.5 Å². The standard InChI is InChI=1S/C18H28N4O3/c1-18(2,3)25-17(23)22-11-9-21(10-12-22)15-13-7-5-6-8-14(13)19-16(20-15)24-4/h5-12H2,1-4H3. The molecule has 1 fully saturated rings. The van der Waals surface area contributed by atoms with Crippen LogP contribution in [0.25, 0.3) is 0 Å². The Labute approximate surface area is 149 Å². The van der Waals surface area contributed by atoms with E-state index in [0.29, 0.717) is 19.1 Å². The second-order valence-corrected chi connectivity index (χ2v) is 7.62. The number of piperazine rings is 1. The lowest BCUT2D eigenvalue weighted by Gasteiger charge is -2.37. The second-order valence-electron chi connectivity index (χ2n) is 7.62. The van der Waals surface area contributed by atoms with Crippen molar-refractivity contribution in [3.8, 4) is 6.01 Å². The van der Waals surface area contributed by atoms with Crippen molar-refractivity contribution in [2.45, 2.75) is 52.1 Å². The Morgan fingerprint density at radius 2 is 1.72 bits per heavy atom. The van der Waals surface area contributed by atoms with Gasteiger partial charge in [0.05, 0.1) is 12.8 Å². The van der Waals surface area contributed by atoms with E-state index in [-0.39, 0.29) is 6.09 Å². The molecular formula is C18H28N4O3. The molecule has 1 aromatic heterocycles. The van der Waals surface area contributed by atoms with Gasteiger partial charge in [-0.1, -0.05) is 0 Å². The fraction of sp³-hybridized carbons (Fsp3) is 0.722. The maximum Gasteiger partial charge on any atom is 0.410 e. The first kappa shape index (κ1) is 17.8. The molecule has 1 amide bonds. The molecule has 138 valence electrons. The first-order valence-corrected chi connectivity index (χ1v) is 9.04. The van der Waals surface area contributed by atoms with Gasteiger partial charge in [-0.25, -0.2) is 4.79 Å². The molecule has 0 atom stereocenters. The minimum atomic E-state index is -0.465. The van der Waals surface area contributed by atoms with E-state index in [1.807, 2.05) is 20.8 Å². The molecule has 25 heavy (non-hydrogen) atoms. The summed E-state index contributed by atoms with van der Waals surface area (Å²) >= 11 is 0. The lowest BCUT2D eigenvalue weighted by atomic mass is 9.96. The third-order valence-corrected chi connectivity index (χ3v) is 4.55. The van der Waals surface area contributed by atoms with Crippen LogP contribution >= 0.6 is 0 Å². The molecule has 0 aromatic carbocycles. The van der Waals surface area contributed by atoms with E-state index in [0.717, 1.165) is 37.4 Å². The molecule has 1 aromatic rings. The van der Waals surface area contributed by atoms with Crippen LogP contribution in [-0.4, -0.2) is 59.9 Å². The Kier molecular flexibility index (Phi) is 5.01. The molecule has 1 saturated heterocycles. The fourth-order valence-electron chi connectivity index (χ4n) is 3.33. The lowest BCUT2D eigenvalue weighted by molar-refractivity contribution is 0.0240. The zero-order valence-electron chi connectivity index (χ0n) is 15.7. The first-order valence-electron chi connectivity index (χ1n) is 9.04. The molecule has 7 heteroatoms. The zero-order valence-corrected chi connectivity index (χ0v) is 15.7. The number of methoxy groups -OCH3 is 1. The molecule has 1 aliphatic carbocycles. The van der Waals surface area contributed by atoms with Gasteiger partial charge in [-0.3, -0.25) is 0 Å². The van der Waals surface area contributed by atoms with Crippen molar-refractivity contribution in [2.75, 3.05) is 38.2 Å². The van der Waals surface area contributed by atoms with E-state index < -0.39 is 5.60 Å². The molecule has 2 aliphatic rings. The Balaban J connectivity index is 1.72. The van der Waals surface area contributed by atoms with Crippen molar-refractivity contribution < 1.29 is 14.3 Å². The maximum atomic E-state index is 12.2. The van der Waals surface area contributed by atoms with E-state index >= 15 is 0 Å². The number of aryl methyl sites for hydroxylation is 1. The predicted octanol–water partition coefficient (Wildman–Crippen LogP) is 2.42. The summed E-state index contributed by atoms with van der Waals surface area (Å²) < 4.78 is 10.8. The molecule has 0 saturated carbocycles. The third kappa shape index (κ3) is 4.14. The van der Waals surface area contributed by atoms with E-state index in [1.54, 1.807) is 12.0 Å². The van der Waals surface area contributed by atoms with Crippen LogP contribution < -0.4 is 9.64 Å². The van der Waals surface area contributed by atoms with Crippen LogP contribution in [-0.2, 0) is 17.6 Å². The zero-order chi connectivity index (χ0) is 18.0. The number of carbonyl (C=O) groups excluding carboxylic acids is 1. The smallest absolute Gasteiger partial charge is 0.410 e. The highest BCUT2D eigenvalue weighted by atomic mass is 16.6. The number of amides is 1. The van der Waals surface area contributed by atoms with Crippen molar-refractivity contribution in [1.29, 1.82) is 0 Å². The van der Waals surface area contributed by atoms with Gasteiger partial charge in [0.15, 0.2) is 0 Å². The summed E-state index contributed by atoms with van der Waals surface area (Å²) in [6.07, 6.45) is 4.10. The molecule has 0 bridgehead atoms. The Bertz CT molecular complexity index is 634. The summed E-state index contributed by atoms with van der Waals surface area (Å²) in [6, 6.07) is 0.435. The number of hydrogen-bond acceptors (Lipinski definition) is 6. The van der Waals surface area contributed by atoms with Crippen molar-refractivity contribution >= 4 is 11.9 Å². The highest BCUT2D eigenvalue weighted by molar-refractivity contribution is 5.68. The fourth-order valence-corrected chi connectivity index (χ4v) is 3.33. The Hall–Kier alpha value is -2.05. The van der Waals surface area contributed by atoms with Crippen LogP contribution in [0.2, 0.25) is 0 Å². The average molecular weight is 348 g/mol. The number of ether oxygens (including phenoxy) is 2. The van der Waals surface area contributed by atoms with E-state index in [9.17, 15) is 4.79 Å². The largest absolute Gasteiger partial charge is 0.467 e. The molecule has 3 rings (SSSR count). The van der Waals surface area contributed by atoms with Crippen LogP contribution in [0.3, 0.4) is 0 Å². The number of nitrogens with zero attached hydrogens (tertiary/aromatic N) is 4. The number of anilines is 1. The highest BCUT2D eigenvalue weighted by Crippen LogP contribution is 2.30. The van der Waals surface area contributed by atoms with Crippen LogP contribution in [0.1, 0.15) is 44.9 Å². The SMILES string of the molecule is COc1nc2c(c(N3CCN(C(=O)OC(C)(C)C)CC3)n1)CCCC2. The monoisotopic (exact) mass is 348 g/mol. The Morgan fingerprint density at radius 1 is 1.04 bits per heavy atom. The maximum absolute atomic E-state index is 12.2. The molecule has 0 unspecified atom stereocenters. The molecule has 0 spiro atoms. The molecule has 1 aliphatic heterocycles. The number of rotatable bonds is 2. The van der Waals surface area contributed by atoms with E-state index in [4.69, 9.17) is 9.47 Å². The quantitative estimate of drug-likeness (QED) is 0.818. The van der Waals surface area contributed by atoms with Gasteiger partial charge in [-0.2, -0.15) is 9.97 Å². The van der Waals surface area contributed by atoms with Crippen molar-refractivity contribution in [3.63, 3.8) is 0 Å². The highest BCUT2D eigenvalue weighted by Gasteiger charge is 2.29. The number of fused-ring (bicyclic) bond motifs is 1. The number of carbonyl (C=O) groups is 1. The average Bonchev–Trinajstić information content (AvgIpc) is 2.59. The summed E-state index contributed by atoms with van der Waals surface area (Å²) in [7, 11) is 1.61. The second kappa shape index (κ2) is 7.06. The van der Waals surface area contributed by atoms with Crippen molar-refractivity contribution in [2.24, 2.45) is 0 Å². The first-order chi connectivity index (χ1) is 11.9. The van der Waals surface area contributed by atoms with Gasteiger partial charge < -0.3 is 19.3 Å². The molecule has 7 nitrogen and oxygen atoms in total. The van der Waals surface area contributed by atoms with Gasteiger partial charge in [0.25, 0.3) is 0 Å². The summed E-state index contributed by atoms with van der Waals surface area (Å²) in [4.78, 5) is 25.4. The van der Waals surface area contributed by atoms with Crippen molar-refractivity contribution in [1.82, 2.24) is 14.9 Å². The molecular weight excluding hydrogens is 320 g/mol. The van der Waals surface area contributed by atoms with Gasteiger partial charge >= 0.3 is 12.1 Å². The van der Waals surface area contributed by atoms with E-state index in [2.05, 4.69) is 14.9 Å². The van der Waals surface area contributed by atoms with Crippen LogP contribution in [0, 0.1) is 0 Å². The molecule has 2 heterocycles. The topological polar surface area (TPSA) is 67.8 Å². The Morgan fingerprint density at radius 3 is 2.36 bits per heavy atom. The number of aromatic nitrogens is 2. The lowest BCUT2D eigenvalue weighted by Crippen LogP contribution is -2.50. The van der Waals surface area contributed by atoms with Crippen molar-refractivity contribution in [3.05, 3.63) is 11.3 Å². The minimum Gasteiger partial charge on any atom is -0.467 e. The predicted molar refractivity (Wildman–Crippen MR) is 95.2 cm³/mol. The summed E-state index contributed by atoms with van der Waals surface area (Å²) in [5, 5.41) is 0. The molecule has 0 radical (unpaired) electrons. The van der Waals surface area contributed by atoms with Crippen LogP contribution in [0.5, 0.6) is 6.01 Å².